The molecule has 0 fully saturated rings. The highest BCUT2D eigenvalue weighted by Crippen LogP contribution is 2.20. The minimum Gasteiger partial charge on any atom is -0.271 e. The van der Waals surface area contributed by atoms with Crippen molar-refractivity contribution in [3.8, 4) is 11.3 Å². The normalized spacial score (nSPS) is 11.6. The van der Waals surface area contributed by atoms with E-state index in [1.807, 2.05) is 18.2 Å². The van der Waals surface area contributed by atoms with Crippen LogP contribution in [0.15, 0.2) is 47.8 Å². The summed E-state index contributed by atoms with van der Waals surface area (Å²) in [5.41, 5.74) is 3.54. The molecule has 8 heteroatoms. The summed E-state index contributed by atoms with van der Waals surface area (Å²) < 4.78 is 29.5. The van der Waals surface area contributed by atoms with E-state index in [9.17, 15) is 8.42 Å². The number of sulfonamides is 1. The summed E-state index contributed by atoms with van der Waals surface area (Å²) in [6.07, 6.45) is 5.07. The van der Waals surface area contributed by atoms with Gasteiger partial charge >= 0.3 is 0 Å². The van der Waals surface area contributed by atoms with Crippen LogP contribution in [0.4, 0.5) is 0 Å². The molecule has 1 N–H and O–H groups in total. The molecule has 0 spiro atoms. The lowest BCUT2D eigenvalue weighted by atomic mass is 10.1. The predicted molar refractivity (Wildman–Crippen MR) is 94.2 cm³/mol. The fourth-order valence-electron chi connectivity index (χ4n) is 2.65. The number of nitrogens with zero attached hydrogens (tertiary/aromatic N) is 4. The highest BCUT2D eigenvalue weighted by molar-refractivity contribution is 7.89. The number of nitrogens with one attached hydrogen (secondary N) is 1. The molecule has 3 heterocycles. The minimum absolute atomic E-state index is 0.173. The summed E-state index contributed by atoms with van der Waals surface area (Å²) in [5.74, 6) is 0. The molecule has 7 nitrogen and oxygen atoms in total. The number of rotatable bonds is 5. The molecule has 0 unspecified atom stereocenters. The van der Waals surface area contributed by atoms with Gasteiger partial charge in [0, 0.05) is 37.7 Å². The zero-order valence-corrected chi connectivity index (χ0v) is 15.1. The molecule has 0 aliphatic rings. The van der Waals surface area contributed by atoms with Gasteiger partial charge in [0.25, 0.3) is 0 Å². The van der Waals surface area contributed by atoms with Crippen LogP contribution in [-0.2, 0) is 23.6 Å². The van der Waals surface area contributed by atoms with Crippen molar-refractivity contribution in [3.05, 3.63) is 59.8 Å². The molecular formula is C17H19N5O2S. The summed E-state index contributed by atoms with van der Waals surface area (Å²) in [4.78, 5) is 8.62. The second-order valence-electron chi connectivity index (χ2n) is 5.74. The Morgan fingerprint density at radius 3 is 2.64 bits per heavy atom. The number of aromatic nitrogens is 4. The standard InChI is InChI=1S/C17H19N5O2S/c1-12-17(13(2)22(3)21-12)25(23,24)20-10-14-6-8-19-16(9-14)15-5-4-7-18-11-15/h4-9,11,20H,10H2,1-3H3. The Hall–Kier alpha value is -2.58. The lowest BCUT2D eigenvalue weighted by molar-refractivity contribution is 0.579. The van der Waals surface area contributed by atoms with E-state index in [2.05, 4.69) is 19.8 Å². The van der Waals surface area contributed by atoms with E-state index in [1.165, 1.54) is 0 Å². The van der Waals surface area contributed by atoms with E-state index in [4.69, 9.17) is 0 Å². The first-order chi connectivity index (χ1) is 11.9. The van der Waals surface area contributed by atoms with Gasteiger partial charge in [-0.15, -0.1) is 0 Å². The average Bonchev–Trinajstić information content (AvgIpc) is 2.87. The molecule has 0 aromatic carbocycles. The average molecular weight is 357 g/mol. The number of hydrogen-bond acceptors (Lipinski definition) is 5. The van der Waals surface area contributed by atoms with Gasteiger partial charge < -0.3 is 0 Å². The number of pyridine rings is 2. The van der Waals surface area contributed by atoms with Crippen LogP contribution in [0.25, 0.3) is 11.3 Å². The first-order valence-corrected chi connectivity index (χ1v) is 9.22. The first-order valence-electron chi connectivity index (χ1n) is 7.73. The molecule has 0 amide bonds. The van der Waals surface area contributed by atoms with Crippen LogP contribution in [0.2, 0.25) is 0 Å². The van der Waals surface area contributed by atoms with Gasteiger partial charge in [-0.25, -0.2) is 13.1 Å². The minimum atomic E-state index is -3.64. The molecule has 25 heavy (non-hydrogen) atoms. The lowest BCUT2D eigenvalue weighted by Crippen LogP contribution is -2.24. The fraction of sp³-hybridized carbons (Fsp3) is 0.235. The Bertz CT molecular complexity index is 997. The van der Waals surface area contributed by atoms with Gasteiger partial charge in [0.05, 0.1) is 17.1 Å². The van der Waals surface area contributed by atoms with Crippen molar-refractivity contribution >= 4 is 10.0 Å². The van der Waals surface area contributed by atoms with Gasteiger partial charge in [0.2, 0.25) is 10.0 Å². The number of aryl methyl sites for hydroxylation is 2. The van der Waals surface area contributed by atoms with Gasteiger partial charge in [-0.1, -0.05) is 0 Å². The van der Waals surface area contributed by atoms with Crippen molar-refractivity contribution in [3.63, 3.8) is 0 Å². The van der Waals surface area contributed by atoms with Gasteiger partial charge in [0.15, 0.2) is 0 Å². The van der Waals surface area contributed by atoms with E-state index in [1.54, 1.807) is 50.2 Å². The first kappa shape index (κ1) is 17.2. The third-order valence-electron chi connectivity index (χ3n) is 3.96. The molecule has 0 atom stereocenters. The number of hydrogen-bond donors (Lipinski definition) is 1. The van der Waals surface area contributed by atoms with Crippen LogP contribution in [0.1, 0.15) is 17.0 Å². The van der Waals surface area contributed by atoms with Gasteiger partial charge in [-0.3, -0.25) is 14.6 Å². The van der Waals surface area contributed by atoms with Crippen molar-refractivity contribution in [2.75, 3.05) is 0 Å². The van der Waals surface area contributed by atoms with Crippen molar-refractivity contribution in [2.24, 2.45) is 7.05 Å². The molecule has 3 aromatic heterocycles. The van der Waals surface area contributed by atoms with Crippen molar-refractivity contribution < 1.29 is 8.42 Å². The largest absolute Gasteiger partial charge is 0.271 e. The second kappa shape index (κ2) is 6.73. The van der Waals surface area contributed by atoms with Crippen LogP contribution >= 0.6 is 0 Å². The highest BCUT2D eigenvalue weighted by Gasteiger charge is 2.23. The van der Waals surface area contributed by atoms with Gasteiger partial charge in [-0.2, -0.15) is 5.10 Å². The summed E-state index contributed by atoms with van der Waals surface area (Å²) >= 11 is 0. The zero-order chi connectivity index (χ0) is 18.0. The predicted octanol–water partition coefficient (Wildman–Crippen LogP) is 1.97. The SMILES string of the molecule is Cc1nn(C)c(C)c1S(=O)(=O)NCc1ccnc(-c2cccnc2)c1. The van der Waals surface area contributed by atoms with Crippen LogP contribution < -0.4 is 4.72 Å². The lowest BCUT2D eigenvalue weighted by Gasteiger charge is -2.08. The fourth-order valence-corrected chi connectivity index (χ4v) is 4.10. The molecular weight excluding hydrogens is 338 g/mol. The Labute approximate surface area is 146 Å². The molecule has 130 valence electrons. The molecule has 0 aliphatic carbocycles. The quantitative estimate of drug-likeness (QED) is 0.754. The smallest absolute Gasteiger partial charge is 0.244 e. The van der Waals surface area contributed by atoms with Crippen molar-refractivity contribution in [1.82, 2.24) is 24.5 Å². The van der Waals surface area contributed by atoms with Crippen molar-refractivity contribution in [1.29, 1.82) is 0 Å². The van der Waals surface area contributed by atoms with Crippen LogP contribution in [0, 0.1) is 13.8 Å². The Balaban J connectivity index is 1.82. The zero-order valence-electron chi connectivity index (χ0n) is 14.3. The third kappa shape index (κ3) is 3.59. The second-order valence-corrected chi connectivity index (χ2v) is 7.44. The summed E-state index contributed by atoms with van der Waals surface area (Å²) in [7, 11) is -1.92. The monoisotopic (exact) mass is 357 g/mol. The summed E-state index contributed by atoms with van der Waals surface area (Å²) in [5, 5.41) is 4.17. The summed E-state index contributed by atoms with van der Waals surface area (Å²) in [6.45, 7) is 3.60. The van der Waals surface area contributed by atoms with Crippen molar-refractivity contribution in [2.45, 2.75) is 25.3 Å². The molecule has 0 radical (unpaired) electrons. The molecule has 0 saturated heterocycles. The van der Waals surface area contributed by atoms with E-state index in [0.29, 0.717) is 11.4 Å². The maximum Gasteiger partial charge on any atom is 0.244 e. The van der Waals surface area contributed by atoms with E-state index in [-0.39, 0.29) is 11.4 Å². The molecule has 0 aliphatic heterocycles. The molecule has 0 saturated carbocycles. The van der Waals surface area contributed by atoms with E-state index >= 15 is 0 Å². The Morgan fingerprint density at radius 1 is 1.20 bits per heavy atom. The Kier molecular flexibility index (Phi) is 4.65. The van der Waals surface area contributed by atoms with E-state index in [0.717, 1.165) is 16.8 Å². The highest BCUT2D eigenvalue weighted by atomic mass is 32.2. The maximum atomic E-state index is 12.6. The Morgan fingerprint density at radius 2 is 2.00 bits per heavy atom. The van der Waals surface area contributed by atoms with Crippen LogP contribution in [-0.4, -0.2) is 28.2 Å². The summed E-state index contributed by atoms with van der Waals surface area (Å²) in [6, 6.07) is 7.37. The topological polar surface area (TPSA) is 89.8 Å². The van der Waals surface area contributed by atoms with Crippen LogP contribution in [0.3, 0.4) is 0 Å². The molecule has 3 rings (SSSR count). The van der Waals surface area contributed by atoms with Crippen LogP contribution in [0.5, 0.6) is 0 Å². The molecule has 3 aromatic rings. The molecule has 0 bridgehead atoms. The van der Waals surface area contributed by atoms with Gasteiger partial charge in [0.1, 0.15) is 4.90 Å². The third-order valence-corrected chi connectivity index (χ3v) is 5.61. The van der Waals surface area contributed by atoms with E-state index < -0.39 is 10.0 Å². The maximum absolute atomic E-state index is 12.6. The van der Waals surface area contributed by atoms with Gasteiger partial charge in [-0.05, 0) is 43.7 Å².